The molecule has 0 aliphatic carbocycles. The number of amides is 1. The number of likely N-dealkylation sites (tertiary alicyclic amines) is 1. The predicted octanol–water partition coefficient (Wildman–Crippen LogP) is 4.93. The number of nitrogens with one attached hydrogen (secondary N) is 3. The summed E-state index contributed by atoms with van der Waals surface area (Å²) in [6.45, 7) is 6.71. The van der Waals surface area contributed by atoms with Gasteiger partial charge in [0.25, 0.3) is 5.91 Å². The highest BCUT2D eigenvalue weighted by molar-refractivity contribution is 7.92. The number of halogens is 3. The number of alkyl halides is 3. The van der Waals surface area contributed by atoms with Gasteiger partial charge in [-0.05, 0) is 91.4 Å². The number of benzene rings is 2. The van der Waals surface area contributed by atoms with Crippen LogP contribution in [-0.2, 0) is 29.2 Å². The maximum atomic E-state index is 13.5. The molecule has 2 atom stereocenters. The first-order valence-corrected chi connectivity index (χ1v) is 16.0. The summed E-state index contributed by atoms with van der Waals surface area (Å²) in [5, 5.41) is 9.34. The molecule has 8 nitrogen and oxygen atoms in total. The molecule has 2 aliphatic rings. The quantitative estimate of drug-likeness (QED) is 0.299. The molecular formula is C31H36F3N5O3S. The molecule has 2 aliphatic heterocycles. The van der Waals surface area contributed by atoms with E-state index >= 15 is 0 Å². The lowest BCUT2D eigenvalue weighted by atomic mass is 9.90. The molecule has 0 bridgehead atoms. The number of rotatable bonds is 10. The smallest absolute Gasteiger partial charge is 0.365 e. The van der Waals surface area contributed by atoms with Crippen LogP contribution in [0.1, 0.15) is 46.3 Å². The first-order chi connectivity index (χ1) is 20.5. The van der Waals surface area contributed by atoms with E-state index in [9.17, 15) is 26.4 Å². The van der Waals surface area contributed by atoms with Gasteiger partial charge in [-0.3, -0.25) is 4.79 Å². The zero-order chi connectivity index (χ0) is 30.6. The van der Waals surface area contributed by atoms with Gasteiger partial charge < -0.3 is 15.5 Å². The molecule has 230 valence electrons. The highest BCUT2D eigenvalue weighted by Gasteiger charge is 2.30. The Labute approximate surface area is 249 Å². The monoisotopic (exact) mass is 615 g/mol. The van der Waals surface area contributed by atoms with E-state index in [2.05, 4.69) is 21.9 Å². The lowest BCUT2D eigenvalue weighted by molar-refractivity contribution is -0.137. The second-order valence-electron chi connectivity index (χ2n) is 11.3. The highest BCUT2D eigenvalue weighted by atomic mass is 32.2. The Bertz CT molecular complexity index is 1570. The van der Waals surface area contributed by atoms with Crippen molar-refractivity contribution in [1.29, 1.82) is 0 Å². The summed E-state index contributed by atoms with van der Waals surface area (Å²) in [5.41, 5.74) is 1.55. The fourth-order valence-electron chi connectivity index (χ4n) is 5.80. The number of aromatic nitrogens is 1. The predicted molar refractivity (Wildman–Crippen MR) is 161 cm³/mol. The lowest BCUT2D eigenvalue weighted by Crippen LogP contribution is -2.32. The van der Waals surface area contributed by atoms with Gasteiger partial charge in [-0.2, -0.15) is 13.2 Å². The maximum Gasteiger partial charge on any atom is 0.416 e. The normalized spacial score (nSPS) is 19.5. The number of pyridine rings is 1. The van der Waals surface area contributed by atoms with E-state index in [4.69, 9.17) is 4.98 Å². The van der Waals surface area contributed by atoms with Crippen molar-refractivity contribution in [3.63, 3.8) is 0 Å². The van der Waals surface area contributed by atoms with Gasteiger partial charge in [-0.25, -0.2) is 18.1 Å². The Balaban J connectivity index is 1.37. The van der Waals surface area contributed by atoms with Gasteiger partial charge in [0.15, 0.2) is 0 Å². The SMILES string of the molecule is C=CS(=O)(=O)NC[C@@H]1CCN(C(=O)c2ccc3c(CC4CCCNC4)cnc(NCc4ccc(C(F)(F)F)cc4)c3c2)C1. The fourth-order valence-corrected chi connectivity index (χ4v) is 6.39. The molecule has 2 aromatic carbocycles. The first-order valence-electron chi connectivity index (χ1n) is 14.5. The third-order valence-electron chi connectivity index (χ3n) is 8.23. The molecule has 0 saturated carbocycles. The number of nitrogens with zero attached hydrogens (tertiary/aromatic N) is 2. The number of sulfonamides is 1. The van der Waals surface area contributed by atoms with Gasteiger partial charge in [0, 0.05) is 48.7 Å². The van der Waals surface area contributed by atoms with Gasteiger partial charge >= 0.3 is 6.18 Å². The summed E-state index contributed by atoms with van der Waals surface area (Å²) in [6.07, 6.45) is 1.22. The number of piperidine rings is 1. The average Bonchev–Trinajstić information content (AvgIpc) is 3.49. The van der Waals surface area contributed by atoms with Gasteiger partial charge in [0.2, 0.25) is 10.0 Å². The molecule has 0 radical (unpaired) electrons. The molecule has 2 fully saturated rings. The number of hydrogen-bond acceptors (Lipinski definition) is 6. The van der Waals surface area contributed by atoms with Crippen LogP contribution in [-0.4, -0.2) is 56.9 Å². The second kappa shape index (κ2) is 13.0. The number of carbonyl (C=O) groups is 1. The van der Waals surface area contributed by atoms with E-state index in [0.29, 0.717) is 42.4 Å². The van der Waals surface area contributed by atoms with E-state index in [0.717, 1.165) is 66.2 Å². The molecule has 0 spiro atoms. The molecule has 1 amide bonds. The van der Waals surface area contributed by atoms with Crippen LogP contribution in [0.15, 0.2) is 60.6 Å². The summed E-state index contributed by atoms with van der Waals surface area (Å²) in [6, 6.07) is 10.6. The van der Waals surface area contributed by atoms with E-state index < -0.39 is 21.8 Å². The minimum absolute atomic E-state index is 0.00235. The van der Waals surface area contributed by atoms with E-state index in [1.165, 1.54) is 12.1 Å². The summed E-state index contributed by atoms with van der Waals surface area (Å²) in [4.78, 5) is 20.0. The zero-order valence-corrected chi connectivity index (χ0v) is 24.6. The fraction of sp³-hybridized carbons (Fsp3) is 0.419. The topological polar surface area (TPSA) is 103 Å². The molecule has 5 rings (SSSR count). The van der Waals surface area contributed by atoms with Crippen LogP contribution in [0.5, 0.6) is 0 Å². The minimum atomic E-state index is -4.40. The Morgan fingerprint density at radius 3 is 2.60 bits per heavy atom. The van der Waals surface area contributed by atoms with Gasteiger partial charge in [0.1, 0.15) is 5.82 Å². The van der Waals surface area contributed by atoms with Crippen molar-refractivity contribution in [1.82, 2.24) is 19.9 Å². The molecule has 3 heterocycles. The summed E-state index contributed by atoms with van der Waals surface area (Å²) in [7, 11) is -3.53. The summed E-state index contributed by atoms with van der Waals surface area (Å²) >= 11 is 0. The van der Waals surface area contributed by atoms with Crippen molar-refractivity contribution >= 4 is 32.5 Å². The Morgan fingerprint density at radius 2 is 1.91 bits per heavy atom. The van der Waals surface area contributed by atoms with Crippen LogP contribution in [0.25, 0.3) is 10.8 Å². The molecule has 12 heteroatoms. The second-order valence-corrected chi connectivity index (χ2v) is 13.0. The van der Waals surface area contributed by atoms with E-state index in [-0.39, 0.29) is 24.9 Å². The standard InChI is InChI=1S/C31H36F3N5O3S/c1-2-43(41,42)38-18-23-11-13-39(20-23)30(40)24-7-10-27-25(14-22-4-3-12-35-16-22)19-37-29(28(27)15-24)36-17-21-5-8-26(9-6-21)31(32,33)34/h2,5-10,15,19,22-23,35,38H,1,3-4,11-14,16-18,20H2,(H,36,37)/t22?,23-/m0/s1. The van der Waals surface area contributed by atoms with Crippen LogP contribution < -0.4 is 15.4 Å². The number of anilines is 1. The van der Waals surface area contributed by atoms with Crippen LogP contribution in [0.3, 0.4) is 0 Å². The molecule has 2 saturated heterocycles. The van der Waals surface area contributed by atoms with Crippen molar-refractivity contribution in [3.05, 3.63) is 82.9 Å². The third-order valence-corrected chi connectivity index (χ3v) is 9.24. The Morgan fingerprint density at radius 1 is 1.12 bits per heavy atom. The lowest BCUT2D eigenvalue weighted by Gasteiger charge is -2.23. The van der Waals surface area contributed by atoms with Crippen LogP contribution in [0, 0.1) is 11.8 Å². The van der Waals surface area contributed by atoms with Crippen LogP contribution in [0.4, 0.5) is 19.0 Å². The molecule has 3 N–H and O–H groups in total. The Hall–Kier alpha value is -3.48. The highest BCUT2D eigenvalue weighted by Crippen LogP contribution is 2.31. The van der Waals surface area contributed by atoms with Crippen LogP contribution in [0.2, 0.25) is 0 Å². The van der Waals surface area contributed by atoms with E-state index in [1.807, 2.05) is 24.4 Å². The average molecular weight is 616 g/mol. The summed E-state index contributed by atoms with van der Waals surface area (Å²) in [5.74, 6) is 0.878. The van der Waals surface area contributed by atoms with Crippen molar-refractivity contribution in [2.75, 3.05) is 38.0 Å². The number of hydrogen-bond donors (Lipinski definition) is 3. The van der Waals surface area contributed by atoms with Crippen molar-refractivity contribution < 1.29 is 26.4 Å². The first kappa shape index (κ1) is 31.0. The van der Waals surface area contributed by atoms with Crippen molar-refractivity contribution in [2.24, 2.45) is 11.8 Å². The van der Waals surface area contributed by atoms with E-state index in [1.54, 1.807) is 4.90 Å². The largest absolute Gasteiger partial charge is 0.416 e. The molecule has 1 unspecified atom stereocenters. The third kappa shape index (κ3) is 7.73. The molecule has 43 heavy (non-hydrogen) atoms. The van der Waals surface area contributed by atoms with Crippen molar-refractivity contribution in [3.8, 4) is 0 Å². The Kier molecular flexibility index (Phi) is 9.38. The molecule has 1 aromatic heterocycles. The minimum Gasteiger partial charge on any atom is -0.365 e. The van der Waals surface area contributed by atoms with Gasteiger partial charge in [-0.1, -0.05) is 24.8 Å². The van der Waals surface area contributed by atoms with Gasteiger partial charge in [-0.15, -0.1) is 0 Å². The van der Waals surface area contributed by atoms with Gasteiger partial charge in [0.05, 0.1) is 5.56 Å². The van der Waals surface area contributed by atoms with Crippen LogP contribution >= 0.6 is 0 Å². The summed E-state index contributed by atoms with van der Waals surface area (Å²) < 4.78 is 64.9. The number of carbonyl (C=O) groups excluding carboxylic acids is 1. The molecular weight excluding hydrogens is 579 g/mol. The van der Waals surface area contributed by atoms with Crippen molar-refractivity contribution in [2.45, 2.75) is 38.4 Å². The molecule has 3 aromatic rings. The number of fused-ring (bicyclic) bond motifs is 1. The maximum absolute atomic E-state index is 13.5. The zero-order valence-electron chi connectivity index (χ0n) is 23.8.